The summed E-state index contributed by atoms with van der Waals surface area (Å²) in [4.78, 5) is 52.0. The molecule has 4 rings (SSSR count). The summed E-state index contributed by atoms with van der Waals surface area (Å²) >= 11 is 0. The minimum Gasteiger partial charge on any atom is -0.356 e. The highest BCUT2D eigenvalue weighted by atomic mass is 19.4. The van der Waals surface area contributed by atoms with Gasteiger partial charge in [-0.2, -0.15) is 18.4 Å². The number of nitrogens with one attached hydrogen (secondary N) is 3. The van der Waals surface area contributed by atoms with E-state index in [0.717, 1.165) is 4.90 Å². The van der Waals surface area contributed by atoms with Crippen molar-refractivity contribution in [2.75, 3.05) is 13.1 Å². The number of nitrogens with zero attached hydrogens (tertiary/aromatic N) is 2. The maximum Gasteiger partial charge on any atom is 0.471 e. The highest BCUT2D eigenvalue weighted by Crippen LogP contribution is 2.61. The second-order valence-electron chi connectivity index (χ2n) is 11.8. The first-order valence-corrected chi connectivity index (χ1v) is 12.7. The molecule has 4 aliphatic rings. The third-order valence-corrected chi connectivity index (χ3v) is 8.25. The molecule has 4 amide bonds. The molecular formula is C25H30F5N5O4. The van der Waals surface area contributed by atoms with Crippen molar-refractivity contribution >= 4 is 23.6 Å². The van der Waals surface area contributed by atoms with Crippen LogP contribution >= 0.6 is 0 Å². The van der Waals surface area contributed by atoms with Crippen molar-refractivity contribution in [2.45, 2.75) is 63.8 Å². The van der Waals surface area contributed by atoms with Gasteiger partial charge in [-0.05, 0) is 24.2 Å². The van der Waals surface area contributed by atoms with Gasteiger partial charge in [0.05, 0.1) is 6.07 Å². The normalized spacial score (nSPS) is 32.3. The van der Waals surface area contributed by atoms with Crippen LogP contribution in [0.4, 0.5) is 22.0 Å². The average molecular weight is 560 g/mol. The Bertz CT molecular complexity index is 1130. The van der Waals surface area contributed by atoms with E-state index in [-0.39, 0.29) is 18.9 Å². The van der Waals surface area contributed by atoms with E-state index in [2.05, 4.69) is 10.6 Å². The number of hydrogen-bond donors (Lipinski definition) is 3. The minimum absolute atomic E-state index is 0.0305. The van der Waals surface area contributed by atoms with Crippen LogP contribution in [0.5, 0.6) is 0 Å². The fraction of sp³-hybridized carbons (Fsp3) is 0.720. The molecule has 0 unspecified atom stereocenters. The fourth-order valence-electron chi connectivity index (χ4n) is 6.38. The molecule has 2 aliphatic heterocycles. The summed E-state index contributed by atoms with van der Waals surface area (Å²) in [6.07, 6.45) is -2.24. The van der Waals surface area contributed by atoms with Crippen LogP contribution < -0.4 is 16.0 Å². The maximum atomic E-state index is 15.0. The standard InChI is InChI=1S/C25H30F5N5O4/c1-23(2,3)18(34-22(39)25(28,29)30)21(38)35-10-13-14-4-5-15(24(14,26)27)16(13)17(35)20(37)33-12(9-31)8-11-6-7-32-19(11)36/h4-5,11-18H,6-8,10H2,1-3H3,(H,32,36)(H,33,37)(H,34,39)/t11-,12-,13+,14-,15+,16+,17-,18+/m0/s1. The lowest BCUT2D eigenvalue weighted by Crippen LogP contribution is -2.61. The summed E-state index contributed by atoms with van der Waals surface area (Å²) < 4.78 is 69.2. The van der Waals surface area contributed by atoms with Crippen LogP contribution in [0, 0.1) is 46.3 Å². The van der Waals surface area contributed by atoms with Crippen LogP contribution in [0.3, 0.4) is 0 Å². The Balaban J connectivity index is 1.64. The van der Waals surface area contributed by atoms with Crippen molar-refractivity contribution < 1.29 is 41.1 Å². The summed E-state index contributed by atoms with van der Waals surface area (Å²) in [5.41, 5.74) is -1.23. The largest absolute Gasteiger partial charge is 0.471 e. The molecule has 2 saturated heterocycles. The van der Waals surface area contributed by atoms with Crippen molar-refractivity contribution in [1.82, 2.24) is 20.9 Å². The Labute approximate surface area is 221 Å². The number of carbonyl (C=O) groups excluding carboxylic acids is 4. The number of likely N-dealkylation sites (tertiary alicyclic amines) is 1. The molecule has 3 fully saturated rings. The van der Waals surface area contributed by atoms with Crippen LogP contribution in [-0.4, -0.2) is 71.8 Å². The molecule has 14 heteroatoms. The Morgan fingerprint density at radius 1 is 1.18 bits per heavy atom. The van der Waals surface area contributed by atoms with Crippen molar-refractivity contribution in [3.63, 3.8) is 0 Å². The van der Waals surface area contributed by atoms with Gasteiger partial charge in [0.15, 0.2) is 0 Å². The van der Waals surface area contributed by atoms with Crippen LogP contribution in [0.15, 0.2) is 12.2 Å². The predicted octanol–water partition coefficient (Wildman–Crippen LogP) is 1.51. The van der Waals surface area contributed by atoms with Crippen molar-refractivity contribution in [2.24, 2.45) is 35.0 Å². The number of alkyl halides is 5. The van der Waals surface area contributed by atoms with Gasteiger partial charge in [-0.3, -0.25) is 19.2 Å². The Morgan fingerprint density at radius 3 is 2.36 bits per heavy atom. The van der Waals surface area contributed by atoms with Gasteiger partial charge in [0, 0.05) is 36.8 Å². The lowest BCUT2D eigenvalue weighted by molar-refractivity contribution is -0.176. The smallest absolute Gasteiger partial charge is 0.356 e. The van der Waals surface area contributed by atoms with Gasteiger partial charge in [-0.1, -0.05) is 32.9 Å². The van der Waals surface area contributed by atoms with Gasteiger partial charge >= 0.3 is 12.1 Å². The number of amides is 4. The monoisotopic (exact) mass is 559 g/mol. The van der Waals surface area contributed by atoms with Gasteiger partial charge in [-0.15, -0.1) is 0 Å². The summed E-state index contributed by atoms with van der Waals surface area (Å²) in [6.45, 7) is 4.36. The zero-order chi connectivity index (χ0) is 29.1. The SMILES string of the molecule is CC(C)(C)[C@H](NC(=O)C(F)(F)F)C(=O)N1C[C@H]2[C@@H]([C@H]1C(=O)N[C@H](C#N)C[C@@H]1CCNC1=O)[C@H]1C=C[C@@H]2C1(F)F. The molecule has 9 nitrogen and oxygen atoms in total. The molecule has 2 aliphatic carbocycles. The van der Waals surface area contributed by atoms with E-state index in [4.69, 9.17) is 0 Å². The van der Waals surface area contributed by atoms with Gasteiger partial charge in [0.1, 0.15) is 18.1 Å². The van der Waals surface area contributed by atoms with Gasteiger partial charge in [0.2, 0.25) is 17.7 Å². The summed E-state index contributed by atoms with van der Waals surface area (Å²) in [5, 5.41) is 16.4. The number of fused-ring (bicyclic) bond motifs is 5. The highest BCUT2D eigenvalue weighted by Gasteiger charge is 2.70. The second kappa shape index (κ2) is 9.75. The molecule has 0 aromatic rings. The molecule has 0 aromatic heterocycles. The molecule has 0 aromatic carbocycles. The number of nitriles is 1. The molecule has 214 valence electrons. The first kappa shape index (κ1) is 28.8. The van der Waals surface area contributed by atoms with Crippen LogP contribution in [-0.2, 0) is 19.2 Å². The number of allylic oxidation sites excluding steroid dienone is 2. The molecule has 1 saturated carbocycles. The first-order chi connectivity index (χ1) is 18.0. The molecule has 2 heterocycles. The first-order valence-electron chi connectivity index (χ1n) is 12.7. The molecule has 3 N–H and O–H groups in total. The number of carbonyl (C=O) groups is 4. The van der Waals surface area contributed by atoms with Crippen LogP contribution in [0.2, 0.25) is 0 Å². The van der Waals surface area contributed by atoms with Crippen molar-refractivity contribution in [3.05, 3.63) is 12.2 Å². The number of hydrogen-bond acceptors (Lipinski definition) is 5. The molecule has 39 heavy (non-hydrogen) atoms. The van der Waals surface area contributed by atoms with Crippen LogP contribution in [0.1, 0.15) is 33.6 Å². The Hall–Kier alpha value is -3.24. The maximum absolute atomic E-state index is 15.0. The molecule has 0 radical (unpaired) electrons. The quantitative estimate of drug-likeness (QED) is 0.336. The summed E-state index contributed by atoms with van der Waals surface area (Å²) in [5.74, 6) is -12.8. The van der Waals surface area contributed by atoms with E-state index in [1.807, 2.05) is 6.07 Å². The van der Waals surface area contributed by atoms with Gasteiger partial charge in [-0.25, -0.2) is 8.78 Å². The third kappa shape index (κ3) is 5.07. The van der Waals surface area contributed by atoms with Crippen LogP contribution in [0.25, 0.3) is 0 Å². The van der Waals surface area contributed by atoms with E-state index in [9.17, 15) is 46.4 Å². The number of halogens is 5. The zero-order valence-corrected chi connectivity index (χ0v) is 21.5. The van der Waals surface area contributed by atoms with Crippen molar-refractivity contribution in [1.29, 1.82) is 5.26 Å². The summed E-state index contributed by atoms with van der Waals surface area (Å²) in [7, 11) is 0. The summed E-state index contributed by atoms with van der Waals surface area (Å²) in [6, 6.07) is -2.52. The minimum atomic E-state index is -5.28. The topological polar surface area (TPSA) is 131 Å². The molecule has 2 bridgehead atoms. The van der Waals surface area contributed by atoms with E-state index in [1.165, 1.54) is 32.9 Å². The lowest BCUT2D eigenvalue weighted by Gasteiger charge is -2.37. The zero-order valence-electron chi connectivity index (χ0n) is 21.5. The lowest BCUT2D eigenvalue weighted by atomic mass is 9.81. The fourth-order valence-corrected chi connectivity index (χ4v) is 6.38. The predicted molar refractivity (Wildman–Crippen MR) is 124 cm³/mol. The molecular weight excluding hydrogens is 529 g/mol. The highest BCUT2D eigenvalue weighted by molar-refractivity contribution is 5.94. The van der Waals surface area contributed by atoms with E-state index >= 15 is 0 Å². The molecule has 0 spiro atoms. The molecule has 8 atom stereocenters. The van der Waals surface area contributed by atoms with E-state index < -0.39 is 83.0 Å². The van der Waals surface area contributed by atoms with E-state index in [0.29, 0.717) is 13.0 Å². The third-order valence-electron chi connectivity index (χ3n) is 8.25. The van der Waals surface area contributed by atoms with Gasteiger partial charge < -0.3 is 20.9 Å². The van der Waals surface area contributed by atoms with E-state index in [1.54, 1.807) is 5.32 Å². The van der Waals surface area contributed by atoms with Gasteiger partial charge in [0.25, 0.3) is 5.92 Å². The van der Waals surface area contributed by atoms with Crippen molar-refractivity contribution in [3.8, 4) is 6.07 Å². The second-order valence-corrected chi connectivity index (χ2v) is 11.8. The Morgan fingerprint density at radius 2 is 1.82 bits per heavy atom. The Kier molecular flexibility index (Phi) is 7.19. The number of rotatable bonds is 6. The average Bonchev–Trinajstić information content (AvgIpc) is 3.54.